The molecule has 0 amide bonds. The molecule has 1 aliphatic carbocycles. The molecule has 0 heterocycles. The minimum absolute atomic E-state index is 0.365. The molecule has 3 heteroatoms. The Labute approximate surface area is 77.3 Å². The molecule has 72 valence electrons. The number of rotatable bonds is 2. The molecule has 0 spiro atoms. The molecular formula is C10H14O3. The average Bonchev–Trinajstić information content (AvgIpc) is 2.96. The predicted molar refractivity (Wildman–Crippen MR) is 49.4 cm³/mol. The maximum absolute atomic E-state index is 8.17. The van der Waals surface area contributed by atoms with Gasteiger partial charge in [-0.05, 0) is 17.5 Å². The highest BCUT2D eigenvalue weighted by Crippen LogP contribution is 2.25. The Hall–Kier alpha value is -0.900. The number of aliphatic hydroxyl groups excluding tert-OH is 3. The number of hydrogen-bond acceptors (Lipinski definition) is 3. The number of aliphatic hydroxyl groups is 3. The molecule has 0 radical (unpaired) electrons. The smallest absolute Gasteiger partial charge is 0.100 e. The van der Waals surface area contributed by atoms with Crippen LogP contribution in [-0.4, -0.2) is 34.6 Å². The highest BCUT2D eigenvalue weighted by atomic mass is 16.3. The summed E-state index contributed by atoms with van der Waals surface area (Å²) in [6.45, 7) is -0.729. The standard InChI is InChI=1S/C7H6.C3H8O3/c1-2-4-7-5-6(7)3-1;4-1-3(6)2-5/h1-4H,5H2;3-6H,1-2H2. The van der Waals surface area contributed by atoms with Crippen LogP contribution in [0.1, 0.15) is 11.1 Å². The summed E-state index contributed by atoms with van der Waals surface area (Å²) in [4.78, 5) is 0. The fourth-order valence-electron chi connectivity index (χ4n) is 0.894. The Morgan fingerprint density at radius 3 is 1.77 bits per heavy atom. The lowest BCUT2D eigenvalue weighted by atomic mass is 10.4. The topological polar surface area (TPSA) is 60.7 Å². The summed E-state index contributed by atoms with van der Waals surface area (Å²) in [6, 6.07) is 8.53. The van der Waals surface area contributed by atoms with E-state index in [9.17, 15) is 0 Å². The van der Waals surface area contributed by atoms with E-state index in [1.54, 1.807) is 0 Å². The second-order valence-electron chi connectivity index (χ2n) is 2.96. The lowest BCUT2D eigenvalue weighted by Gasteiger charge is -1.96. The van der Waals surface area contributed by atoms with Gasteiger partial charge in [-0.15, -0.1) is 0 Å². The van der Waals surface area contributed by atoms with E-state index in [0.717, 1.165) is 0 Å². The van der Waals surface area contributed by atoms with E-state index in [-0.39, 0.29) is 13.2 Å². The normalized spacial score (nSPS) is 11.7. The molecule has 3 nitrogen and oxygen atoms in total. The van der Waals surface area contributed by atoms with Gasteiger partial charge < -0.3 is 15.3 Å². The van der Waals surface area contributed by atoms with Crippen molar-refractivity contribution < 1.29 is 15.3 Å². The van der Waals surface area contributed by atoms with Crippen molar-refractivity contribution in [2.75, 3.05) is 13.2 Å². The van der Waals surface area contributed by atoms with Gasteiger partial charge in [0.2, 0.25) is 0 Å². The maximum Gasteiger partial charge on any atom is 0.100 e. The molecule has 13 heavy (non-hydrogen) atoms. The molecule has 0 aliphatic heterocycles. The molecule has 0 bridgehead atoms. The summed E-state index contributed by atoms with van der Waals surface area (Å²) < 4.78 is 0. The van der Waals surface area contributed by atoms with E-state index in [0.29, 0.717) is 0 Å². The Kier molecular flexibility index (Phi) is 3.89. The van der Waals surface area contributed by atoms with Crippen molar-refractivity contribution in [1.29, 1.82) is 0 Å². The van der Waals surface area contributed by atoms with Crippen LogP contribution in [0.4, 0.5) is 0 Å². The number of hydrogen-bond donors (Lipinski definition) is 3. The van der Waals surface area contributed by atoms with Gasteiger partial charge in [0.25, 0.3) is 0 Å². The van der Waals surface area contributed by atoms with Crippen molar-refractivity contribution >= 4 is 0 Å². The molecular weight excluding hydrogens is 168 g/mol. The van der Waals surface area contributed by atoms with Gasteiger partial charge in [-0.25, -0.2) is 0 Å². The Morgan fingerprint density at radius 1 is 1.08 bits per heavy atom. The summed E-state index contributed by atoms with van der Waals surface area (Å²) in [5.41, 5.74) is 3.06. The van der Waals surface area contributed by atoms with Crippen molar-refractivity contribution in [3.05, 3.63) is 35.4 Å². The maximum atomic E-state index is 8.17. The molecule has 1 aromatic rings. The molecule has 0 unspecified atom stereocenters. The quantitative estimate of drug-likeness (QED) is 0.609. The number of benzene rings is 1. The van der Waals surface area contributed by atoms with Gasteiger partial charge in [-0.1, -0.05) is 24.3 Å². The summed E-state index contributed by atoms with van der Waals surface area (Å²) in [5.74, 6) is 0. The largest absolute Gasteiger partial charge is 0.394 e. The monoisotopic (exact) mass is 182 g/mol. The van der Waals surface area contributed by atoms with Gasteiger partial charge in [-0.3, -0.25) is 0 Å². The van der Waals surface area contributed by atoms with Crippen molar-refractivity contribution in [2.45, 2.75) is 12.5 Å². The molecule has 0 saturated carbocycles. The second kappa shape index (κ2) is 4.97. The van der Waals surface area contributed by atoms with Crippen LogP contribution in [0.5, 0.6) is 0 Å². The summed E-state index contributed by atoms with van der Waals surface area (Å²) in [7, 11) is 0. The van der Waals surface area contributed by atoms with Crippen molar-refractivity contribution in [1.82, 2.24) is 0 Å². The molecule has 0 saturated heterocycles. The van der Waals surface area contributed by atoms with E-state index in [4.69, 9.17) is 15.3 Å². The number of fused-ring (bicyclic) bond motifs is 1. The molecule has 0 aromatic heterocycles. The molecule has 3 N–H and O–H groups in total. The first-order chi connectivity index (χ1) is 6.27. The zero-order chi connectivity index (χ0) is 9.68. The molecule has 0 fully saturated rings. The third-order valence-corrected chi connectivity index (χ3v) is 1.80. The average molecular weight is 182 g/mol. The fourth-order valence-corrected chi connectivity index (χ4v) is 0.894. The first-order valence-corrected chi connectivity index (χ1v) is 4.24. The van der Waals surface area contributed by atoms with Crippen LogP contribution in [0.3, 0.4) is 0 Å². The minimum atomic E-state index is -0.954. The predicted octanol–water partition coefficient (Wildman–Crippen LogP) is -0.0773. The van der Waals surface area contributed by atoms with E-state index in [2.05, 4.69) is 24.3 Å². The van der Waals surface area contributed by atoms with Crippen LogP contribution in [0.25, 0.3) is 0 Å². The van der Waals surface area contributed by atoms with Gasteiger partial charge in [-0.2, -0.15) is 0 Å². The van der Waals surface area contributed by atoms with Crippen LogP contribution >= 0.6 is 0 Å². The van der Waals surface area contributed by atoms with Crippen LogP contribution in [0.15, 0.2) is 24.3 Å². The summed E-state index contributed by atoms with van der Waals surface area (Å²) >= 11 is 0. The van der Waals surface area contributed by atoms with Crippen LogP contribution in [0.2, 0.25) is 0 Å². The van der Waals surface area contributed by atoms with Crippen molar-refractivity contribution in [3.8, 4) is 0 Å². The summed E-state index contributed by atoms with van der Waals surface area (Å²) in [6.07, 6.45) is 0.289. The SMILES string of the molecule is OCC(O)CO.c1ccc2c(c1)C2. The van der Waals surface area contributed by atoms with Gasteiger partial charge >= 0.3 is 0 Å². The first-order valence-electron chi connectivity index (χ1n) is 4.24. The van der Waals surface area contributed by atoms with E-state index < -0.39 is 6.10 Å². The zero-order valence-electron chi connectivity index (χ0n) is 7.35. The molecule has 1 aromatic carbocycles. The summed E-state index contributed by atoms with van der Waals surface area (Å²) in [5, 5.41) is 24.0. The van der Waals surface area contributed by atoms with Crippen molar-refractivity contribution in [3.63, 3.8) is 0 Å². The first kappa shape index (κ1) is 10.2. The van der Waals surface area contributed by atoms with Gasteiger partial charge in [0, 0.05) is 0 Å². The fraction of sp³-hybridized carbons (Fsp3) is 0.400. The Morgan fingerprint density at radius 2 is 1.54 bits per heavy atom. The molecule has 1 aliphatic rings. The third-order valence-electron chi connectivity index (χ3n) is 1.80. The van der Waals surface area contributed by atoms with Gasteiger partial charge in [0.15, 0.2) is 0 Å². The Bertz CT molecular complexity index is 235. The van der Waals surface area contributed by atoms with Gasteiger partial charge in [0.1, 0.15) is 6.10 Å². The molecule has 2 rings (SSSR count). The second-order valence-corrected chi connectivity index (χ2v) is 2.96. The van der Waals surface area contributed by atoms with Gasteiger partial charge in [0.05, 0.1) is 13.2 Å². The van der Waals surface area contributed by atoms with Crippen LogP contribution in [0, 0.1) is 0 Å². The molecule has 0 atom stereocenters. The lowest BCUT2D eigenvalue weighted by Crippen LogP contribution is -2.15. The van der Waals surface area contributed by atoms with Crippen LogP contribution < -0.4 is 0 Å². The zero-order valence-corrected chi connectivity index (χ0v) is 7.35. The van der Waals surface area contributed by atoms with Crippen molar-refractivity contribution in [2.24, 2.45) is 0 Å². The van der Waals surface area contributed by atoms with Crippen LogP contribution in [-0.2, 0) is 6.42 Å². The van der Waals surface area contributed by atoms with E-state index in [1.165, 1.54) is 17.5 Å². The highest BCUT2D eigenvalue weighted by molar-refractivity contribution is 5.44. The van der Waals surface area contributed by atoms with E-state index >= 15 is 0 Å². The minimum Gasteiger partial charge on any atom is -0.394 e. The highest BCUT2D eigenvalue weighted by Gasteiger charge is 2.12. The van der Waals surface area contributed by atoms with E-state index in [1.807, 2.05) is 0 Å². The lowest BCUT2D eigenvalue weighted by molar-refractivity contribution is 0.0450. The Balaban J connectivity index is 0.000000133. The third kappa shape index (κ3) is 3.55.